The Morgan fingerprint density at radius 3 is 2.62 bits per heavy atom. The van der Waals surface area contributed by atoms with Crippen LogP contribution in [0.5, 0.6) is 0 Å². The molecule has 1 fully saturated rings. The van der Waals surface area contributed by atoms with Crippen molar-refractivity contribution in [3.05, 3.63) is 89.2 Å². The van der Waals surface area contributed by atoms with Crippen LogP contribution in [0.2, 0.25) is 0 Å². The lowest BCUT2D eigenvalue weighted by molar-refractivity contribution is 0.0908. The molecule has 1 heterocycles. The molecular weight excluding hydrogens is 447 g/mol. The number of carbonyl (C=O) groups is 2. The van der Waals surface area contributed by atoms with Crippen molar-refractivity contribution in [2.45, 2.75) is 55.0 Å². The quantitative estimate of drug-likeness (QED) is 0.473. The molecule has 2 atom stereocenters. The van der Waals surface area contributed by atoms with Crippen LogP contribution < -0.4 is 10.2 Å². The standard InChI is InChI=1S/C28H27FN2O2S/c1-18-8-2-6-12-23(18)30-27(32)19-14-15-26-24(16-19)31(17-20-9-3-5-11-22(20)29)28(33)21-10-4-7-13-25(21)34-26/h3-5,7,9-11,13-16,18,23H,2,6,8,12,17H2,1H3,(H,30,32)/t18-,23-/m1/s1. The van der Waals surface area contributed by atoms with Gasteiger partial charge in [-0.15, -0.1) is 0 Å². The molecule has 2 aliphatic rings. The lowest BCUT2D eigenvalue weighted by Crippen LogP contribution is -2.41. The van der Waals surface area contributed by atoms with E-state index in [0.717, 1.165) is 29.1 Å². The van der Waals surface area contributed by atoms with E-state index in [1.165, 1.54) is 24.2 Å². The van der Waals surface area contributed by atoms with Gasteiger partial charge in [-0.1, -0.05) is 61.9 Å². The van der Waals surface area contributed by atoms with E-state index in [1.54, 1.807) is 35.2 Å². The van der Waals surface area contributed by atoms with Crippen LogP contribution in [0.4, 0.5) is 10.1 Å². The number of rotatable bonds is 4. The zero-order valence-electron chi connectivity index (χ0n) is 19.1. The smallest absolute Gasteiger partial charge is 0.259 e. The number of fused-ring (bicyclic) bond motifs is 2. The highest BCUT2D eigenvalue weighted by Gasteiger charge is 2.29. The summed E-state index contributed by atoms with van der Waals surface area (Å²) >= 11 is 1.49. The maximum atomic E-state index is 14.5. The number of hydrogen-bond donors (Lipinski definition) is 1. The number of hydrogen-bond acceptors (Lipinski definition) is 3. The van der Waals surface area contributed by atoms with E-state index in [1.807, 2.05) is 30.3 Å². The molecular formula is C28H27FN2O2S. The number of benzene rings is 3. The summed E-state index contributed by atoms with van der Waals surface area (Å²) < 4.78 is 14.5. The molecule has 4 nitrogen and oxygen atoms in total. The summed E-state index contributed by atoms with van der Waals surface area (Å²) in [6, 6.07) is 19.6. The second-order valence-corrected chi connectivity index (χ2v) is 10.2. The summed E-state index contributed by atoms with van der Waals surface area (Å²) in [5.74, 6) is -0.250. The van der Waals surface area contributed by atoms with Gasteiger partial charge in [0.05, 0.1) is 17.8 Å². The summed E-state index contributed by atoms with van der Waals surface area (Å²) in [5, 5.41) is 3.20. The lowest BCUT2D eigenvalue weighted by atomic mass is 9.86. The van der Waals surface area contributed by atoms with Gasteiger partial charge < -0.3 is 10.2 Å². The van der Waals surface area contributed by atoms with Crippen molar-refractivity contribution < 1.29 is 14.0 Å². The van der Waals surface area contributed by atoms with E-state index < -0.39 is 0 Å². The van der Waals surface area contributed by atoms with Gasteiger partial charge in [0, 0.05) is 27.0 Å². The van der Waals surface area contributed by atoms with E-state index in [0.29, 0.717) is 28.3 Å². The van der Waals surface area contributed by atoms with E-state index in [-0.39, 0.29) is 30.2 Å². The molecule has 0 saturated heterocycles. The van der Waals surface area contributed by atoms with E-state index >= 15 is 0 Å². The average Bonchev–Trinajstić information content (AvgIpc) is 2.96. The Bertz CT molecular complexity index is 1240. The van der Waals surface area contributed by atoms with Gasteiger partial charge in [-0.05, 0) is 55.2 Å². The van der Waals surface area contributed by atoms with Crippen molar-refractivity contribution in [1.82, 2.24) is 5.32 Å². The van der Waals surface area contributed by atoms with Gasteiger partial charge in [0.1, 0.15) is 5.82 Å². The van der Waals surface area contributed by atoms with E-state index in [2.05, 4.69) is 12.2 Å². The summed E-state index contributed by atoms with van der Waals surface area (Å²) in [7, 11) is 0. The van der Waals surface area contributed by atoms with Crippen LogP contribution in [0, 0.1) is 11.7 Å². The predicted octanol–water partition coefficient (Wildman–Crippen LogP) is 6.45. The minimum atomic E-state index is -0.359. The first-order valence-electron chi connectivity index (χ1n) is 11.8. The van der Waals surface area contributed by atoms with Crippen LogP contribution in [0.1, 0.15) is 58.9 Å². The molecule has 5 rings (SSSR count). The SMILES string of the molecule is C[C@@H]1CCCC[C@H]1NC(=O)c1ccc2c(c1)N(Cc1ccccc1F)C(=O)c1ccccc1S2. The van der Waals surface area contributed by atoms with Crippen molar-refractivity contribution in [3.63, 3.8) is 0 Å². The Kier molecular flexibility index (Phi) is 6.42. The maximum absolute atomic E-state index is 14.5. The molecule has 1 saturated carbocycles. The van der Waals surface area contributed by atoms with Crippen molar-refractivity contribution >= 4 is 29.3 Å². The zero-order valence-corrected chi connectivity index (χ0v) is 19.9. The third kappa shape index (κ3) is 4.47. The molecule has 0 unspecified atom stereocenters. The summed E-state index contributed by atoms with van der Waals surface area (Å²) in [4.78, 5) is 30.1. The normalized spacial score (nSPS) is 19.7. The third-order valence-corrected chi connectivity index (χ3v) is 7.95. The zero-order chi connectivity index (χ0) is 23.7. The van der Waals surface area contributed by atoms with Gasteiger partial charge in [-0.2, -0.15) is 0 Å². The summed E-state index contributed by atoms with van der Waals surface area (Å²) in [5.41, 5.74) is 2.13. The van der Waals surface area contributed by atoms with E-state index in [9.17, 15) is 14.0 Å². The topological polar surface area (TPSA) is 49.4 Å². The van der Waals surface area contributed by atoms with Crippen LogP contribution in [-0.4, -0.2) is 17.9 Å². The Balaban J connectivity index is 1.53. The molecule has 174 valence electrons. The molecule has 2 amide bonds. The highest BCUT2D eigenvalue weighted by molar-refractivity contribution is 7.99. The molecule has 0 aromatic heterocycles. The molecule has 3 aromatic carbocycles. The Morgan fingerprint density at radius 1 is 1.03 bits per heavy atom. The van der Waals surface area contributed by atoms with E-state index in [4.69, 9.17) is 0 Å². The number of amides is 2. The molecule has 6 heteroatoms. The fourth-order valence-electron chi connectivity index (χ4n) is 4.80. The molecule has 1 aliphatic heterocycles. The molecule has 1 N–H and O–H groups in total. The molecule has 0 bridgehead atoms. The van der Waals surface area contributed by atoms with Crippen LogP contribution in [-0.2, 0) is 6.54 Å². The Hall–Kier alpha value is -3.12. The number of nitrogens with one attached hydrogen (secondary N) is 1. The number of nitrogens with zero attached hydrogens (tertiary/aromatic N) is 1. The van der Waals surface area contributed by atoms with Crippen LogP contribution in [0.3, 0.4) is 0 Å². The Morgan fingerprint density at radius 2 is 1.79 bits per heavy atom. The fraction of sp³-hybridized carbons (Fsp3) is 0.286. The summed E-state index contributed by atoms with van der Waals surface area (Å²) in [6.45, 7) is 2.27. The van der Waals surface area contributed by atoms with Gasteiger partial charge in [0.25, 0.3) is 11.8 Å². The summed E-state index contributed by atoms with van der Waals surface area (Å²) in [6.07, 6.45) is 4.44. The minimum absolute atomic E-state index is 0.0815. The molecule has 0 spiro atoms. The first-order valence-corrected chi connectivity index (χ1v) is 12.6. The second-order valence-electron chi connectivity index (χ2n) is 9.11. The second kappa shape index (κ2) is 9.63. The van der Waals surface area contributed by atoms with Gasteiger partial charge in [-0.25, -0.2) is 4.39 Å². The van der Waals surface area contributed by atoms with Gasteiger partial charge in [-0.3, -0.25) is 9.59 Å². The monoisotopic (exact) mass is 474 g/mol. The first kappa shape index (κ1) is 22.7. The third-order valence-electron chi connectivity index (χ3n) is 6.81. The molecule has 3 aromatic rings. The van der Waals surface area contributed by atoms with Crippen LogP contribution >= 0.6 is 11.8 Å². The number of anilines is 1. The molecule has 1 aliphatic carbocycles. The van der Waals surface area contributed by atoms with Crippen molar-refractivity contribution in [2.75, 3.05) is 4.90 Å². The molecule has 34 heavy (non-hydrogen) atoms. The maximum Gasteiger partial charge on any atom is 0.259 e. The van der Waals surface area contributed by atoms with Crippen molar-refractivity contribution in [3.8, 4) is 0 Å². The van der Waals surface area contributed by atoms with Crippen LogP contribution in [0.25, 0.3) is 0 Å². The minimum Gasteiger partial charge on any atom is -0.349 e. The van der Waals surface area contributed by atoms with Gasteiger partial charge in [0.15, 0.2) is 0 Å². The highest BCUT2D eigenvalue weighted by Crippen LogP contribution is 2.42. The Labute approximate surface area is 203 Å². The van der Waals surface area contributed by atoms with Crippen molar-refractivity contribution in [1.29, 1.82) is 0 Å². The van der Waals surface area contributed by atoms with Crippen LogP contribution in [0.15, 0.2) is 76.5 Å². The predicted molar refractivity (Wildman–Crippen MR) is 133 cm³/mol. The van der Waals surface area contributed by atoms with Gasteiger partial charge in [0.2, 0.25) is 0 Å². The van der Waals surface area contributed by atoms with Crippen molar-refractivity contribution in [2.24, 2.45) is 5.92 Å². The van der Waals surface area contributed by atoms with Gasteiger partial charge >= 0.3 is 0 Å². The lowest BCUT2D eigenvalue weighted by Gasteiger charge is -2.29. The number of halogens is 1. The first-order chi connectivity index (χ1) is 16.5. The largest absolute Gasteiger partial charge is 0.349 e. The highest BCUT2D eigenvalue weighted by atomic mass is 32.2. The molecule has 0 radical (unpaired) electrons. The number of carbonyl (C=O) groups excluding carboxylic acids is 2. The fourth-order valence-corrected chi connectivity index (χ4v) is 5.86. The average molecular weight is 475 g/mol.